The Morgan fingerprint density at radius 2 is 2.00 bits per heavy atom. The highest BCUT2D eigenvalue weighted by atomic mass is 35.5. The van der Waals surface area contributed by atoms with Crippen LogP contribution in [-0.4, -0.2) is 36.6 Å². The van der Waals surface area contributed by atoms with Gasteiger partial charge in [-0.1, -0.05) is 55.3 Å². The molecule has 6 nitrogen and oxygen atoms in total. The molecule has 0 unspecified atom stereocenters. The van der Waals surface area contributed by atoms with Crippen molar-refractivity contribution in [2.24, 2.45) is 0 Å². The van der Waals surface area contributed by atoms with E-state index in [1.165, 1.54) is 7.11 Å². The fraction of sp³-hybridized carbons (Fsp3) is 0.389. The van der Waals surface area contributed by atoms with Crippen molar-refractivity contribution in [1.29, 1.82) is 0 Å². The topological polar surface area (TPSA) is 67.4 Å². The number of carbonyl (C=O) groups excluding carboxylic acids is 1. The third kappa shape index (κ3) is 5.06. The van der Waals surface area contributed by atoms with Crippen LogP contribution in [0.25, 0.3) is 0 Å². The van der Waals surface area contributed by atoms with Gasteiger partial charge in [-0.3, -0.25) is 0 Å². The number of rotatable bonds is 8. The molecule has 0 aliphatic heterocycles. The Labute approximate surface area is 153 Å². The molecular formula is C18H23ClN4O2. The lowest BCUT2D eigenvalue weighted by atomic mass is 10.2. The van der Waals surface area contributed by atoms with Crippen LogP contribution in [0.5, 0.6) is 0 Å². The number of ether oxygens (including phenoxy) is 1. The lowest BCUT2D eigenvalue weighted by Crippen LogP contribution is -2.23. The van der Waals surface area contributed by atoms with E-state index in [1.54, 1.807) is 0 Å². The predicted molar refractivity (Wildman–Crippen MR) is 100 cm³/mol. The van der Waals surface area contributed by atoms with Gasteiger partial charge in [0.15, 0.2) is 5.15 Å². The number of anilines is 2. The summed E-state index contributed by atoms with van der Waals surface area (Å²) in [5, 5.41) is 3.25. The third-order valence-electron chi connectivity index (χ3n) is 3.73. The molecule has 0 atom stereocenters. The number of aromatic nitrogens is 2. The highest BCUT2D eigenvalue weighted by Gasteiger charge is 2.22. The van der Waals surface area contributed by atoms with Crippen LogP contribution in [-0.2, 0) is 11.3 Å². The van der Waals surface area contributed by atoms with E-state index in [2.05, 4.69) is 22.2 Å². The molecule has 0 saturated carbocycles. The van der Waals surface area contributed by atoms with Gasteiger partial charge in [0.1, 0.15) is 11.4 Å². The highest BCUT2D eigenvalue weighted by Crippen LogP contribution is 2.25. The summed E-state index contributed by atoms with van der Waals surface area (Å²) in [5.74, 6) is 0.277. The Morgan fingerprint density at radius 1 is 1.28 bits per heavy atom. The number of esters is 1. The number of methoxy groups -OCH3 is 1. The Hall–Kier alpha value is -2.34. The van der Waals surface area contributed by atoms with E-state index in [0.717, 1.165) is 24.9 Å². The zero-order valence-corrected chi connectivity index (χ0v) is 15.5. The molecule has 7 heteroatoms. The van der Waals surface area contributed by atoms with Gasteiger partial charge in [-0.25, -0.2) is 4.79 Å². The van der Waals surface area contributed by atoms with Gasteiger partial charge in [0, 0.05) is 20.1 Å². The van der Waals surface area contributed by atoms with E-state index in [9.17, 15) is 4.79 Å². The van der Waals surface area contributed by atoms with Crippen LogP contribution in [0.1, 0.15) is 35.7 Å². The Balaban J connectivity index is 2.31. The SMILES string of the molecule is CCCCN(C)c1nc(Cl)c(C(=O)OC)c(NCc2ccccc2)n1. The molecule has 0 radical (unpaired) electrons. The van der Waals surface area contributed by atoms with Gasteiger partial charge in [-0.15, -0.1) is 0 Å². The molecule has 0 amide bonds. The molecule has 0 bridgehead atoms. The normalized spacial score (nSPS) is 10.4. The van der Waals surface area contributed by atoms with Crippen LogP contribution in [0, 0.1) is 0 Å². The van der Waals surface area contributed by atoms with E-state index < -0.39 is 5.97 Å². The minimum atomic E-state index is -0.566. The highest BCUT2D eigenvalue weighted by molar-refractivity contribution is 6.33. The van der Waals surface area contributed by atoms with Gasteiger partial charge >= 0.3 is 5.97 Å². The van der Waals surface area contributed by atoms with Crippen molar-refractivity contribution in [2.45, 2.75) is 26.3 Å². The van der Waals surface area contributed by atoms with Gasteiger partial charge < -0.3 is 15.0 Å². The van der Waals surface area contributed by atoms with Crippen LogP contribution >= 0.6 is 11.6 Å². The molecule has 0 aliphatic rings. The number of hydrogen-bond acceptors (Lipinski definition) is 6. The first kappa shape index (κ1) is 19.0. The van der Waals surface area contributed by atoms with Crippen molar-refractivity contribution < 1.29 is 9.53 Å². The number of nitrogens with zero attached hydrogens (tertiary/aromatic N) is 3. The first-order chi connectivity index (χ1) is 12.1. The van der Waals surface area contributed by atoms with E-state index in [-0.39, 0.29) is 10.7 Å². The summed E-state index contributed by atoms with van der Waals surface area (Å²) >= 11 is 6.25. The molecule has 0 saturated heterocycles. The Morgan fingerprint density at radius 3 is 2.64 bits per heavy atom. The maximum atomic E-state index is 12.1. The molecular weight excluding hydrogens is 340 g/mol. The van der Waals surface area contributed by atoms with Crippen LogP contribution in [0.15, 0.2) is 30.3 Å². The number of hydrogen-bond donors (Lipinski definition) is 1. The van der Waals surface area contributed by atoms with E-state index >= 15 is 0 Å². The zero-order valence-electron chi connectivity index (χ0n) is 14.8. The average Bonchev–Trinajstić information content (AvgIpc) is 2.64. The second kappa shape index (κ2) is 9.22. The molecule has 2 aromatic rings. The number of benzene rings is 1. The molecule has 0 aliphatic carbocycles. The monoisotopic (exact) mass is 362 g/mol. The number of carbonyl (C=O) groups is 1. The molecule has 2 rings (SSSR count). The number of unbranched alkanes of at least 4 members (excludes halogenated alkanes) is 1. The second-order valence-corrected chi connectivity index (χ2v) is 6.00. The molecule has 1 N–H and O–H groups in total. The maximum absolute atomic E-state index is 12.1. The fourth-order valence-electron chi connectivity index (χ4n) is 2.28. The first-order valence-electron chi connectivity index (χ1n) is 8.21. The lowest BCUT2D eigenvalue weighted by molar-refractivity contribution is 0.0601. The van der Waals surface area contributed by atoms with Crippen molar-refractivity contribution in [1.82, 2.24) is 9.97 Å². The van der Waals surface area contributed by atoms with Gasteiger partial charge in [0.25, 0.3) is 0 Å². The second-order valence-electron chi connectivity index (χ2n) is 5.64. The number of halogens is 1. The van der Waals surface area contributed by atoms with Crippen molar-refractivity contribution in [3.8, 4) is 0 Å². The molecule has 1 heterocycles. The van der Waals surface area contributed by atoms with Gasteiger partial charge in [0.2, 0.25) is 5.95 Å². The zero-order chi connectivity index (χ0) is 18.2. The van der Waals surface area contributed by atoms with Crippen molar-refractivity contribution in [3.05, 3.63) is 46.6 Å². The minimum Gasteiger partial charge on any atom is -0.465 e. The Kier molecular flexibility index (Phi) is 7.01. The van der Waals surface area contributed by atoms with Gasteiger partial charge in [0.05, 0.1) is 7.11 Å². The van der Waals surface area contributed by atoms with Crippen LogP contribution < -0.4 is 10.2 Å². The summed E-state index contributed by atoms with van der Waals surface area (Å²) in [6.07, 6.45) is 2.08. The smallest absolute Gasteiger partial charge is 0.344 e. The predicted octanol–water partition coefficient (Wildman–Crippen LogP) is 3.77. The summed E-state index contributed by atoms with van der Waals surface area (Å²) in [7, 11) is 3.21. The van der Waals surface area contributed by atoms with E-state index in [0.29, 0.717) is 18.3 Å². The van der Waals surface area contributed by atoms with Crippen LogP contribution in [0.4, 0.5) is 11.8 Å². The van der Waals surface area contributed by atoms with Gasteiger partial charge in [-0.2, -0.15) is 9.97 Å². The molecule has 0 fully saturated rings. The van der Waals surface area contributed by atoms with Crippen LogP contribution in [0.2, 0.25) is 5.15 Å². The first-order valence-corrected chi connectivity index (χ1v) is 8.59. The van der Waals surface area contributed by atoms with Crippen molar-refractivity contribution in [2.75, 3.05) is 30.9 Å². The molecule has 1 aromatic carbocycles. The minimum absolute atomic E-state index is 0.0794. The largest absolute Gasteiger partial charge is 0.465 e. The molecule has 1 aromatic heterocycles. The standard InChI is InChI=1S/C18H23ClN4O2/c1-4-5-11-23(2)18-21-15(19)14(17(24)25-3)16(22-18)20-12-13-9-7-6-8-10-13/h6-10H,4-5,11-12H2,1-3H3,(H,20,21,22). The van der Waals surface area contributed by atoms with Crippen molar-refractivity contribution >= 4 is 29.3 Å². The fourth-order valence-corrected chi connectivity index (χ4v) is 2.52. The summed E-state index contributed by atoms with van der Waals surface area (Å²) in [6.45, 7) is 3.44. The summed E-state index contributed by atoms with van der Waals surface area (Å²) in [5.41, 5.74) is 1.21. The van der Waals surface area contributed by atoms with E-state index in [4.69, 9.17) is 16.3 Å². The molecule has 0 spiro atoms. The van der Waals surface area contributed by atoms with Crippen LogP contribution in [0.3, 0.4) is 0 Å². The third-order valence-corrected chi connectivity index (χ3v) is 4.01. The Bertz CT molecular complexity index is 710. The summed E-state index contributed by atoms with van der Waals surface area (Å²) in [4.78, 5) is 22.7. The van der Waals surface area contributed by atoms with E-state index in [1.807, 2.05) is 42.3 Å². The summed E-state index contributed by atoms with van der Waals surface area (Å²) < 4.78 is 4.82. The lowest BCUT2D eigenvalue weighted by Gasteiger charge is -2.19. The quantitative estimate of drug-likeness (QED) is 0.569. The summed E-state index contributed by atoms with van der Waals surface area (Å²) in [6, 6.07) is 9.83. The maximum Gasteiger partial charge on any atom is 0.344 e. The number of nitrogens with one attached hydrogen (secondary N) is 1. The van der Waals surface area contributed by atoms with Crippen molar-refractivity contribution in [3.63, 3.8) is 0 Å². The average molecular weight is 363 g/mol. The molecule has 25 heavy (non-hydrogen) atoms. The molecule has 134 valence electrons. The van der Waals surface area contributed by atoms with Gasteiger partial charge in [-0.05, 0) is 12.0 Å².